The van der Waals surface area contributed by atoms with E-state index < -0.39 is 12.5 Å². The monoisotopic (exact) mass is 343 g/mol. The molecule has 1 aromatic rings. The van der Waals surface area contributed by atoms with E-state index in [1.54, 1.807) is 6.92 Å². The lowest BCUT2D eigenvalue weighted by Crippen LogP contribution is -2.40. The van der Waals surface area contributed by atoms with Crippen molar-refractivity contribution in [2.24, 2.45) is 0 Å². The molecule has 2 atom stereocenters. The van der Waals surface area contributed by atoms with Crippen molar-refractivity contribution >= 4 is 24.2 Å². The fourth-order valence-corrected chi connectivity index (χ4v) is 4.11. The molecule has 0 spiro atoms. The van der Waals surface area contributed by atoms with E-state index in [2.05, 4.69) is 5.09 Å². The van der Waals surface area contributed by atoms with Gasteiger partial charge in [-0.15, -0.1) is 0 Å². The molecule has 4 nitrogen and oxygen atoms in total. The highest BCUT2D eigenvalue weighted by molar-refractivity contribution is 8.12. The molecular formula is C16H26NO3PS. The second-order valence-corrected chi connectivity index (χ2v) is 10.9. The molecule has 22 heavy (non-hydrogen) atoms. The summed E-state index contributed by atoms with van der Waals surface area (Å²) in [6.07, 6.45) is -2.65. The Balaban J connectivity index is 2.94. The van der Waals surface area contributed by atoms with Crippen molar-refractivity contribution in [3.05, 3.63) is 30.3 Å². The van der Waals surface area contributed by atoms with Gasteiger partial charge in [0.2, 0.25) is 0 Å². The number of ether oxygens (including phenoxy) is 1. The summed E-state index contributed by atoms with van der Waals surface area (Å²) in [6.45, 7) is 11.5. The zero-order valence-corrected chi connectivity index (χ0v) is 15.8. The van der Waals surface area contributed by atoms with Gasteiger partial charge < -0.3 is 9.26 Å². The Morgan fingerprint density at radius 1 is 1.18 bits per heavy atom. The van der Waals surface area contributed by atoms with Gasteiger partial charge in [0.25, 0.3) is 0 Å². The number of hydrogen-bond donors (Lipinski definition) is 1. The molecule has 0 aliphatic heterocycles. The SMILES string of the molecule is CC(C)OC(=O)[C@@H](C)NP(=S)(Oc1ccccc1)C(C)(C)C. The summed E-state index contributed by atoms with van der Waals surface area (Å²) in [5.41, 5.74) is 0. The summed E-state index contributed by atoms with van der Waals surface area (Å²) < 4.78 is 11.3. The van der Waals surface area contributed by atoms with Gasteiger partial charge in [0, 0.05) is 5.16 Å². The number of nitrogens with one attached hydrogen (secondary N) is 1. The van der Waals surface area contributed by atoms with Crippen LogP contribution in [0.5, 0.6) is 5.75 Å². The van der Waals surface area contributed by atoms with Gasteiger partial charge in [0.05, 0.1) is 6.10 Å². The van der Waals surface area contributed by atoms with E-state index in [0.29, 0.717) is 5.75 Å². The summed E-state index contributed by atoms with van der Waals surface area (Å²) in [5, 5.41) is 2.92. The number of para-hydroxylation sites is 1. The minimum atomic E-state index is -2.50. The number of hydrogen-bond acceptors (Lipinski definition) is 4. The lowest BCUT2D eigenvalue weighted by atomic mass is 10.3. The van der Waals surface area contributed by atoms with Crippen LogP contribution >= 0.6 is 6.42 Å². The quantitative estimate of drug-likeness (QED) is 0.622. The lowest BCUT2D eigenvalue weighted by molar-refractivity contribution is -0.148. The Morgan fingerprint density at radius 2 is 1.73 bits per heavy atom. The first kappa shape index (κ1) is 19.1. The van der Waals surface area contributed by atoms with E-state index in [9.17, 15) is 4.79 Å². The van der Waals surface area contributed by atoms with E-state index >= 15 is 0 Å². The smallest absolute Gasteiger partial charge is 0.323 e. The first-order valence-electron chi connectivity index (χ1n) is 7.38. The average Bonchev–Trinajstić information content (AvgIpc) is 2.37. The number of esters is 1. The van der Waals surface area contributed by atoms with Crippen LogP contribution in [0.4, 0.5) is 0 Å². The second-order valence-electron chi connectivity index (χ2n) is 6.46. The summed E-state index contributed by atoms with van der Waals surface area (Å²) >= 11 is 5.80. The fraction of sp³-hybridized carbons (Fsp3) is 0.562. The van der Waals surface area contributed by atoms with Crippen molar-refractivity contribution in [2.45, 2.75) is 58.8 Å². The predicted octanol–water partition coefficient (Wildman–Crippen LogP) is 4.10. The molecule has 0 bridgehead atoms. The predicted molar refractivity (Wildman–Crippen MR) is 94.9 cm³/mol. The van der Waals surface area contributed by atoms with Gasteiger partial charge in [0.1, 0.15) is 11.8 Å². The van der Waals surface area contributed by atoms with Gasteiger partial charge in [-0.2, -0.15) is 0 Å². The van der Waals surface area contributed by atoms with Crippen molar-refractivity contribution in [2.75, 3.05) is 0 Å². The molecule has 0 saturated carbocycles. The Kier molecular flexibility index (Phi) is 6.60. The molecule has 1 N–H and O–H groups in total. The molecule has 0 saturated heterocycles. The lowest BCUT2D eigenvalue weighted by Gasteiger charge is -2.36. The highest BCUT2D eigenvalue weighted by Crippen LogP contribution is 2.55. The average molecular weight is 343 g/mol. The molecule has 0 aliphatic rings. The van der Waals surface area contributed by atoms with Crippen LogP contribution < -0.4 is 9.61 Å². The number of rotatable bonds is 6. The summed E-state index contributed by atoms with van der Waals surface area (Å²) in [4.78, 5) is 12.0. The maximum Gasteiger partial charge on any atom is 0.323 e. The molecule has 1 rings (SSSR count). The van der Waals surface area contributed by atoms with Crippen LogP contribution in [-0.2, 0) is 21.3 Å². The van der Waals surface area contributed by atoms with Crippen LogP contribution in [0.2, 0.25) is 0 Å². The Morgan fingerprint density at radius 3 is 2.18 bits per heavy atom. The molecule has 0 heterocycles. The van der Waals surface area contributed by atoms with Crippen molar-refractivity contribution < 1.29 is 14.1 Å². The number of benzene rings is 1. The van der Waals surface area contributed by atoms with Gasteiger partial charge in [-0.25, -0.2) is 5.09 Å². The second kappa shape index (κ2) is 7.58. The molecule has 6 heteroatoms. The van der Waals surface area contributed by atoms with Gasteiger partial charge in [-0.1, -0.05) is 39.0 Å². The van der Waals surface area contributed by atoms with E-state index in [1.807, 2.05) is 65.0 Å². The number of carbonyl (C=O) groups excluding carboxylic acids is 1. The standard InChI is InChI=1S/C16H26NO3PS/c1-12(2)19-15(18)13(3)17-21(22,16(4,5)6)20-14-10-8-7-9-11-14/h7-13H,1-6H3,(H,17,22)/t13-,21?/m1/s1. The Hall–Kier alpha value is -0.900. The number of carbonyl (C=O) groups is 1. The Labute approximate surface area is 138 Å². The molecule has 1 unspecified atom stereocenters. The highest BCUT2D eigenvalue weighted by atomic mass is 32.4. The first-order chi connectivity index (χ1) is 10.0. The largest absolute Gasteiger partial charge is 0.462 e. The van der Waals surface area contributed by atoms with E-state index in [4.69, 9.17) is 21.1 Å². The van der Waals surface area contributed by atoms with Crippen LogP contribution in [0.3, 0.4) is 0 Å². The summed E-state index contributed by atoms with van der Waals surface area (Å²) in [5.74, 6) is 0.392. The van der Waals surface area contributed by atoms with Crippen LogP contribution in [0, 0.1) is 0 Å². The van der Waals surface area contributed by atoms with Crippen LogP contribution in [-0.4, -0.2) is 23.3 Å². The third kappa shape index (κ3) is 5.38. The first-order valence-corrected chi connectivity index (χ1v) is 10.1. The highest BCUT2D eigenvalue weighted by Gasteiger charge is 2.37. The molecule has 0 amide bonds. The van der Waals surface area contributed by atoms with Crippen LogP contribution in [0.15, 0.2) is 30.3 Å². The fourth-order valence-electron chi connectivity index (χ4n) is 1.63. The third-order valence-electron chi connectivity index (χ3n) is 2.93. The molecular weight excluding hydrogens is 317 g/mol. The zero-order valence-electron chi connectivity index (χ0n) is 14.1. The molecule has 0 fully saturated rings. The minimum Gasteiger partial charge on any atom is -0.462 e. The van der Waals surface area contributed by atoms with Crippen molar-refractivity contribution in [1.29, 1.82) is 0 Å². The van der Waals surface area contributed by atoms with Crippen molar-refractivity contribution in [3.8, 4) is 5.75 Å². The van der Waals surface area contributed by atoms with Crippen molar-refractivity contribution in [3.63, 3.8) is 0 Å². The van der Waals surface area contributed by atoms with Crippen LogP contribution in [0.25, 0.3) is 0 Å². The topological polar surface area (TPSA) is 47.6 Å². The maximum absolute atomic E-state index is 12.0. The minimum absolute atomic E-state index is 0.153. The molecule has 124 valence electrons. The van der Waals surface area contributed by atoms with Gasteiger partial charge in [-0.3, -0.25) is 4.79 Å². The molecule has 0 aliphatic carbocycles. The van der Waals surface area contributed by atoms with E-state index in [-0.39, 0.29) is 17.2 Å². The molecule has 1 aromatic carbocycles. The summed E-state index contributed by atoms with van der Waals surface area (Å²) in [6, 6.07) is 8.93. The zero-order chi connectivity index (χ0) is 17.0. The van der Waals surface area contributed by atoms with Gasteiger partial charge in [0.15, 0.2) is 6.42 Å². The third-order valence-corrected chi connectivity index (χ3v) is 8.07. The van der Waals surface area contributed by atoms with Gasteiger partial charge >= 0.3 is 5.97 Å². The molecule has 0 aromatic heterocycles. The summed E-state index contributed by atoms with van der Waals surface area (Å²) in [7, 11) is 0. The maximum atomic E-state index is 12.0. The molecule has 0 radical (unpaired) electrons. The Bertz CT molecular complexity index is 540. The normalized spacial score (nSPS) is 16.0. The van der Waals surface area contributed by atoms with Crippen molar-refractivity contribution in [1.82, 2.24) is 5.09 Å². The van der Waals surface area contributed by atoms with Gasteiger partial charge in [-0.05, 0) is 44.7 Å². The van der Waals surface area contributed by atoms with E-state index in [0.717, 1.165) is 0 Å². The van der Waals surface area contributed by atoms with Crippen LogP contribution in [0.1, 0.15) is 41.5 Å². The van der Waals surface area contributed by atoms with E-state index in [1.165, 1.54) is 0 Å².